The van der Waals surface area contributed by atoms with E-state index in [2.05, 4.69) is 20.9 Å². The van der Waals surface area contributed by atoms with Gasteiger partial charge in [0, 0.05) is 22.2 Å². The molecule has 2 aliphatic heterocycles. The number of hydrogen-bond donors (Lipinski definition) is 1. The Bertz CT molecular complexity index is 615. The van der Waals surface area contributed by atoms with Crippen LogP contribution in [0.2, 0.25) is 0 Å². The van der Waals surface area contributed by atoms with Crippen LogP contribution in [0, 0.1) is 5.82 Å². The smallest absolute Gasteiger partial charge is 0.155 e. The number of thioether (sulfide) groups is 1. The zero-order chi connectivity index (χ0) is 15.3. The number of halogens is 3. The standard InChI is InChI=1S/C14H15BrF2N2OS/c1-8-5-13(17)7-21-12(18)19-14(13,6-20-8)10-4-9(15)2-3-11(10)16/h2-4,8H,5-7H2,1H3,(H2,18,19)/t8-,13+,14+/m0/s1. The van der Waals surface area contributed by atoms with E-state index in [4.69, 9.17) is 10.5 Å². The molecule has 3 rings (SSSR count). The minimum atomic E-state index is -1.68. The van der Waals surface area contributed by atoms with Gasteiger partial charge >= 0.3 is 0 Å². The highest BCUT2D eigenvalue weighted by molar-refractivity contribution is 9.10. The molecule has 1 fully saturated rings. The number of aliphatic imine (C=N–C) groups is 1. The topological polar surface area (TPSA) is 47.6 Å². The van der Waals surface area contributed by atoms with Crippen molar-refractivity contribution in [1.29, 1.82) is 0 Å². The summed E-state index contributed by atoms with van der Waals surface area (Å²) in [6.45, 7) is 1.80. The fourth-order valence-electron chi connectivity index (χ4n) is 2.99. The molecule has 7 heteroatoms. The maximum Gasteiger partial charge on any atom is 0.155 e. The summed E-state index contributed by atoms with van der Waals surface area (Å²) in [6.07, 6.45) is -0.0589. The van der Waals surface area contributed by atoms with Crippen LogP contribution in [0.3, 0.4) is 0 Å². The molecule has 3 nitrogen and oxygen atoms in total. The highest BCUT2D eigenvalue weighted by Crippen LogP contribution is 2.51. The van der Waals surface area contributed by atoms with Gasteiger partial charge in [-0.25, -0.2) is 13.8 Å². The molecular weight excluding hydrogens is 362 g/mol. The normalized spacial score (nSPS) is 36.0. The van der Waals surface area contributed by atoms with Crippen LogP contribution in [0.1, 0.15) is 18.9 Å². The Morgan fingerprint density at radius 2 is 2.29 bits per heavy atom. The summed E-state index contributed by atoms with van der Waals surface area (Å²) in [5, 5.41) is 0.265. The van der Waals surface area contributed by atoms with Crippen molar-refractivity contribution in [1.82, 2.24) is 0 Å². The van der Waals surface area contributed by atoms with E-state index in [-0.39, 0.29) is 35.6 Å². The Morgan fingerprint density at radius 1 is 1.52 bits per heavy atom. The lowest BCUT2D eigenvalue weighted by molar-refractivity contribution is -0.107. The summed E-state index contributed by atoms with van der Waals surface area (Å²) < 4.78 is 36.3. The van der Waals surface area contributed by atoms with E-state index in [1.165, 1.54) is 17.8 Å². The molecule has 1 saturated heterocycles. The van der Waals surface area contributed by atoms with Gasteiger partial charge in [-0.3, -0.25) is 0 Å². The number of rotatable bonds is 1. The van der Waals surface area contributed by atoms with Crippen molar-refractivity contribution in [3.8, 4) is 0 Å². The SMILES string of the molecule is C[C@H]1C[C@@]2(F)CSC(N)=N[C@@]2(c2cc(Br)ccc2F)CO1. The molecule has 1 aromatic carbocycles. The number of nitrogens with zero attached hydrogens (tertiary/aromatic N) is 1. The van der Waals surface area contributed by atoms with Gasteiger partial charge in [-0.2, -0.15) is 0 Å². The average Bonchev–Trinajstić information content (AvgIpc) is 2.42. The first-order valence-corrected chi connectivity index (χ1v) is 8.38. The zero-order valence-electron chi connectivity index (χ0n) is 11.4. The molecule has 21 heavy (non-hydrogen) atoms. The van der Waals surface area contributed by atoms with Gasteiger partial charge in [-0.15, -0.1) is 0 Å². The summed E-state index contributed by atoms with van der Waals surface area (Å²) in [6, 6.07) is 4.45. The molecule has 0 aliphatic carbocycles. The number of alkyl halides is 1. The third-order valence-corrected chi connectivity index (χ3v) is 5.54. The van der Waals surface area contributed by atoms with Gasteiger partial charge in [0.25, 0.3) is 0 Å². The van der Waals surface area contributed by atoms with Gasteiger partial charge in [0.05, 0.1) is 12.7 Å². The third kappa shape index (κ3) is 2.39. The molecule has 0 saturated carbocycles. The van der Waals surface area contributed by atoms with Crippen LogP contribution in [0.4, 0.5) is 8.78 Å². The van der Waals surface area contributed by atoms with Crippen LogP contribution < -0.4 is 5.73 Å². The molecule has 0 bridgehead atoms. The van der Waals surface area contributed by atoms with Crippen LogP contribution in [-0.4, -0.2) is 29.3 Å². The van der Waals surface area contributed by atoms with Gasteiger partial charge in [0.1, 0.15) is 11.4 Å². The lowest BCUT2D eigenvalue weighted by Gasteiger charge is -2.49. The molecule has 2 aliphatic rings. The summed E-state index contributed by atoms with van der Waals surface area (Å²) in [5.41, 5.74) is 2.90. The average molecular weight is 377 g/mol. The van der Waals surface area contributed by atoms with Crippen molar-refractivity contribution in [3.05, 3.63) is 34.1 Å². The van der Waals surface area contributed by atoms with E-state index >= 15 is 4.39 Å². The predicted molar refractivity (Wildman–Crippen MR) is 83.7 cm³/mol. The first-order valence-electron chi connectivity index (χ1n) is 6.60. The van der Waals surface area contributed by atoms with Gasteiger partial charge in [-0.1, -0.05) is 27.7 Å². The van der Waals surface area contributed by atoms with E-state index in [1.807, 2.05) is 6.92 Å². The first kappa shape index (κ1) is 15.2. The fraction of sp³-hybridized carbons (Fsp3) is 0.500. The van der Waals surface area contributed by atoms with Crippen molar-refractivity contribution in [3.63, 3.8) is 0 Å². The Hall–Kier alpha value is -0.660. The number of amidine groups is 1. The molecule has 0 amide bonds. The third-order valence-electron chi connectivity index (χ3n) is 4.05. The van der Waals surface area contributed by atoms with Gasteiger partial charge in [-0.05, 0) is 25.1 Å². The molecule has 0 unspecified atom stereocenters. The monoisotopic (exact) mass is 376 g/mol. The zero-order valence-corrected chi connectivity index (χ0v) is 13.8. The lowest BCUT2D eigenvalue weighted by atomic mass is 9.72. The van der Waals surface area contributed by atoms with E-state index in [0.29, 0.717) is 4.47 Å². The minimum Gasteiger partial charge on any atom is -0.379 e. The summed E-state index contributed by atoms with van der Waals surface area (Å²) in [7, 11) is 0. The van der Waals surface area contributed by atoms with Gasteiger partial charge < -0.3 is 10.5 Å². The molecule has 3 atom stereocenters. The number of fused-ring (bicyclic) bond motifs is 1. The van der Waals surface area contributed by atoms with Crippen molar-refractivity contribution in [2.24, 2.45) is 10.7 Å². The van der Waals surface area contributed by atoms with E-state index in [0.717, 1.165) is 0 Å². The lowest BCUT2D eigenvalue weighted by Crippen LogP contribution is -2.60. The van der Waals surface area contributed by atoms with Crippen LogP contribution in [0.5, 0.6) is 0 Å². The van der Waals surface area contributed by atoms with Gasteiger partial charge in [0.2, 0.25) is 0 Å². The summed E-state index contributed by atoms with van der Waals surface area (Å²) >= 11 is 4.48. The molecule has 0 radical (unpaired) electrons. The number of nitrogens with two attached hydrogens (primary N) is 1. The predicted octanol–water partition coefficient (Wildman–Crippen LogP) is 3.36. The number of benzene rings is 1. The molecule has 114 valence electrons. The van der Waals surface area contributed by atoms with Crippen molar-refractivity contribution < 1.29 is 13.5 Å². The van der Waals surface area contributed by atoms with Crippen molar-refractivity contribution in [2.75, 3.05) is 12.4 Å². The molecular formula is C14H15BrF2N2OS. The first-order chi connectivity index (χ1) is 9.86. The maximum absolute atomic E-state index is 15.6. The highest BCUT2D eigenvalue weighted by Gasteiger charge is 2.60. The second-order valence-electron chi connectivity index (χ2n) is 5.51. The van der Waals surface area contributed by atoms with Crippen LogP contribution in [0.25, 0.3) is 0 Å². The van der Waals surface area contributed by atoms with Crippen LogP contribution in [-0.2, 0) is 10.3 Å². The van der Waals surface area contributed by atoms with Gasteiger partial charge in [0.15, 0.2) is 10.8 Å². The minimum absolute atomic E-state index is 0.0146. The molecule has 0 spiro atoms. The van der Waals surface area contributed by atoms with Crippen LogP contribution in [0.15, 0.2) is 27.7 Å². The van der Waals surface area contributed by atoms with Crippen LogP contribution >= 0.6 is 27.7 Å². The fourth-order valence-corrected chi connectivity index (χ4v) is 4.30. The second kappa shape index (κ2) is 5.21. The van der Waals surface area contributed by atoms with Crippen molar-refractivity contribution >= 4 is 32.9 Å². The van der Waals surface area contributed by atoms with E-state index < -0.39 is 17.0 Å². The Kier molecular flexibility index (Phi) is 3.78. The largest absolute Gasteiger partial charge is 0.379 e. The quantitative estimate of drug-likeness (QED) is 0.817. The molecule has 2 N–H and O–H groups in total. The van der Waals surface area contributed by atoms with E-state index in [1.54, 1.807) is 12.1 Å². The Morgan fingerprint density at radius 3 is 3.05 bits per heavy atom. The number of ether oxygens (including phenoxy) is 1. The maximum atomic E-state index is 15.6. The molecule has 2 heterocycles. The molecule has 0 aromatic heterocycles. The Balaban J connectivity index is 2.22. The second-order valence-corrected chi connectivity index (χ2v) is 7.43. The van der Waals surface area contributed by atoms with E-state index in [9.17, 15) is 4.39 Å². The molecule has 1 aromatic rings. The summed E-state index contributed by atoms with van der Waals surface area (Å²) in [4.78, 5) is 4.31. The Labute approximate surface area is 134 Å². The summed E-state index contributed by atoms with van der Waals surface area (Å²) in [5.74, 6) is -0.344. The highest BCUT2D eigenvalue weighted by atomic mass is 79.9. The van der Waals surface area contributed by atoms with Crippen molar-refractivity contribution in [2.45, 2.75) is 30.7 Å². The number of hydrogen-bond acceptors (Lipinski definition) is 4.